The summed E-state index contributed by atoms with van der Waals surface area (Å²) in [5.41, 5.74) is 0.447. The Bertz CT molecular complexity index is 1320. The van der Waals surface area contributed by atoms with Gasteiger partial charge in [0.1, 0.15) is 11.6 Å². The third kappa shape index (κ3) is 4.95. The Morgan fingerprint density at radius 2 is 1.76 bits per heavy atom. The number of hydrogen-bond acceptors (Lipinski definition) is 6. The highest BCUT2D eigenvalue weighted by atomic mass is 19.4. The number of rotatable bonds is 4. The quantitative estimate of drug-likeness (QED) is 0.454. The van der Waals surface area contributed by atoms with Crippen LogP contribution in [-0.4, -0.2) is 42.1 Å². The number of hydrogen-bond donors (Lipinski definition) is 1. The first-order chi connectivity index (χ1) is 17.4. The van der Waals surface area contributed by atoms with Crippen LogP contribution in [0.1, 0.15) is 34.6 Å². The van der Waals surface area contributed by atoms with E-state index in [0.717, 1.165) is 21.7 Å². The summed E-state index contributed by atoms with van der Waals surface area (Å²) in [6.07, 6.45) is -9.92. The lowest BCUT2D eigenvalue weighted by atomic mass is 9.96. The van der Waals surface area contributed by atoms with E-state index in [9.17, 15) is 31.1 Å². The SMILES string of the molecule is CN(C(=O)c1cc2n(n1)[C@@H](C(F)(F)F)C[C@@H](c1ccc3c(c1)OCO3)N2)c1ccc(OC(F)(F)F)cc1. The highest BCUT2D eigenvalue weighted by Crippen LogP contribution is 2.45. The number of anilines is 2. The number of nitrogens with zero attached hydrogens (tertiary/aromatic N) is 3. The second kappa shape index (κ2) is 8.78. The maximum Gasteiger partial charge on any atom is 0.573 e. The number of alkyl halides is 6. The first kappa shape index (κ1) is 24.6. The monoisotopic (exact) mass is 528 g/mol. The summed E-state index contributed by atoms with van der Waals surface area (Å²) in [6.45, 7) is 0.0197. The molecule has 0 fully saturated rings. The summed E-state index contributed by atoms with van der Waals surface area (Å²) in [5, 5.41) is 6.92. The summed E-state index contributed by atoms with van der Waals surface area (Å²) in [4.78, 5) is 14.1. The van der Waals surface area contributed by atoms with E-state index in [-0.39, 0.29) is 30.4 Å². The van der Waals surface area contributed by atoms with Crippen molar-refractivity contribution in [2.75, 3.05) is 24.1 Å². The molecule has 2 aromatic carbocycles. The van der Waals surface area contributed by atoms with Crippen LogP contribution in [0.25, 0.3) is 0 Å². The van der Waals surface area contributed by atoms with Gasteiger partial charge in [0.2, 0.25) is 6.79 Å². The van der Waals surface area contributed by atoms with Crippen LogP contribution in [0, 0.1) is 0 Å². The first-order valence-corrected chi connectivity index (χ1v) is 10.9. The average molecular weight is 528 g/mol. The highest BCUT2D eigenvalue weighted by molar-refractivity contribution is 6.04. The van der Waals surface area contributed by atoms with E-state index in [1.165, 1.54) is 25.2 Å². The van der Waals surface area contributed by atoms with E-state index in [1.807, 2.05) is 0 Å². The maximum absolute atomic E-state index is 14.0. The minimum atomic E-state index is -4.88. The largest absolute Gasteiger partial charge is 0.573 e. The standard InChI is InChI=1S/C23H18F6N4O4/c1-32(13-3-5-14(6-4-13)37-23(27,28)29)21(34)16-10-20-30-15(9-19(22(24,25)26)33(20)31-16)12-2-7-17-18(8-12)36-11-35-17/h2-8,10,15,19,30H,9,11H2,1H3/t15-,19+/m0/s1. The zero-order valence-electron chi connectivity index (χ0n) is 18.9. The molecule has 0 aliphatic carbocycles. The zero-order valence-corrected chi connectivity index (χ0v) is 18.9. The highest BCUT2D eigenvalue weighted by Gasteiger charge is 2.47. The number of amides is 1. The number of nitrogens with one attached hydrogen (secondary N) is 1. The van der Waals surface area contributed by atoms with Crippen molar-refractivity contribution >= 4 is 17.4 Å². The van der Waals surface area contributed by atoms with Crippen LogP contribution in [-0.2, 0) is 0 Å². The maximum atomic E-state index is 14.0. The molecule has 1 amide bonds. The van der Waals surface area contributed by atoms with E-state index < -0.39 is 36.3 Å². The number of fused-ring (bicyclic) bond motifs is 2. The first-order valence-electron chi connectivity index (χ1n) is 10.9. The average Bonchev–Trinajstić information content (AvgIpc) is 3.47. The van der Waals surface area contributed by atoms with Gasteiger partial charge >= 0.3 is 12.5 Å². The molecule has 37 heavy (non-hydrogen) atoms. The molecule has 1 aromatic heterocycles. The predicted octanol–water partition coefficient (Wildman–Crippen LogP) is 5.45. The van der Waals surface area contributed by atoms with E-state index in [1.54, 1.807) is 18.2 Å². The molecule has 1 N–H and O–H groups in total. The number of ether oxygens (including phenoxy) is 3. The summed E-state index contributed by atoms with van der Waals surface area (Å²) < 4.78 is 94.2. The van der Waals surface area contributed by atoms with Crippen LogP contribution >= 0.6 is 0 Å². The van der Waals surface area contributed by atoms with E-state index >= 15 is 0 Å². The molecular weight excluding hydrogens is 510 g/mol. The number of aromatic nitrogens is 2. The van der Waals surface area contributed by atoms with Crippen LogP contribution in [0.15, 0.2) is 48.5 Å². The Balaban J connectivity index is 1.40. The van der Waals surface area contributed by atoms with Crippen molar-refractivity contribution in [1.29, 1.82) is 0 Å². The third-order valence-corrected chi connectivity index (χ3v) is 5.97. The van der Waals surface area contributed by atoms with Crippen molar-refractivity contribution in [2.45, 2.75) is 31.0 Å². The van der Waals surface area contributed by atoms with Crippen molar-refractivity contribution in [1.82, 2.24) is 9.78 Å². The Morgan fingerprint density at radius 1 is 1.05 bits per heavy atom. The second-order valence-electron chi connectivity index (χ2n) is 8.37. The van der Waals surface area contributed by atoms with Crippen LogP contribution in [0.3, 0.4) is 0 Å². The number of halogens is 6. The lowest BCUT2D eigenvalue weighted by Crippen LogP contribution is -2.36. The smallest absolute Gasteiger partial charge is 0.454 e. The van der Waals surface area contributed by atoms with Crippen LogP contribution in [0.2, 0.25) is 0 Å². The second-order valence-corrected chi connectivity index (χ2v) is 8.37. The molecule has 3 aromatic rings. The van der Waals surface area contributed by atoms with Crippen molar-refractivity contribution in [3.63, 3.8) is 0 Å². The lowest BCUT2D eigenvalue weighted by molar-refractivity contribution is -0.274. The normalized spacial score (nSPS) is 18.7. The minimum Gasteiger partial charge on any atom is -0.454 e. The van der Waals surface area contributed by atoms with Gasteiger partial charge in [-0.25, -0.2) is 4.68 Å². The Labute approximate surface area is 205 Å². The van der Waals surface area contributed by atoms with E-state index in [2.05, 4.69) is 15.2 Å². The topological polar surface area (TPSA) is 77.9 Å². The van der Waals surface area contributed by atoms with Gasteiger partial charge in [0.05, 0.1) is 6.04 Å². The molecule has 0 spiro atoms. The molecule has 3 heterocycles. The Kier molecular flexibility index (Phi) is 5.83. The van der Waals surface area contributed by atoms with Gasteiger partial charge < -0.3 is 24.4 Å². The summed E-state index contributed by atoms with van der Waals surface area (Å²) in [5.74, 6) is -0.339. The van der Waals surface area contributed by atoms with Gasteiger partial charge in [-0.3, -0.25) is 4.79 Å². The molecule has 0 radical (unpaired) electrons. The van der Waals surface area contributed by atoms with Gasteiger partial charge in [0, 0.05) is 25.2 Å². The number of carbonyl (C=O) groups excluding carboxylic acids is 1. The van der Waals surface area contributed by atoms with Crippen LogP contribution < -0.4 is 24.4 Å². The molecule has 0 bridgehead atoms. The van der Waals surface area contributed by atoms with Crippen LogP contribution in [0.5, 0.6) is 17.2 Å². The molecule has 0 unspecified atom stereocenters. The van der Waals surface area contributed by atoms with Crippen molar-refractivity contribution in [2.24, 2.45) is 0 Å². The van der Waals surface area contributed by atoms with E-state index in [4.69, 9.17) is 9.47 Å². The Hall–Kier alpha value is -4.10. The zero-order chi connectivity index (χ0) is 26.5. The minimum absolute atomic E-state index is 0.0121. The van der Waals surface area contributed by atoms with Gasteiger partial charge in [-0.1, -0.05) is 6.07 Å². The summed E-state index contributed by atoms with van der Waals surface area (Å²) in [6, 6.07) is 7.74. The van der Waals surface area contributed by atoms with E-state index in [0.29, 0.717) is 17.1 Å². The molecule has 0 saturated carbocycles. The number of carbonyl (C=O) groups is 1. The molecule has 14 heteroatoms. The van der Waals surface area contributed by atoms with Gasteiger partial charge in [0.25, 0.3) is 5.91 Å². The molecule has 5 rings (SSSR count). The van der Waals surface area contributed by atoms with Gasteiger partial charge in [-0.15, -0.1) is 13.2 Å². The summed E-state index contributed by atoms with van der Waals surface area (Å²) >= 11 is 0. The van der Waals surface area contributed by atoms with Crippen molar-refractivity contribution in [3.8, 4) is 17.2 Å². The fraction of sp³-hybridized carbons (Fsp3) is 0.304. The molecule has 2 aliphatic rings. The molecule has 2 atom stereocenters. The predicted molar refractivity (Wildman–Crippen MR) is 117 cm³/mol. The lowest BCUT2D eigenvalue weighted by Gasteiger charge is -2.33. The molecule has 2 aliphatic heterocycles. The summed E-state index contributed by atoms with van der Waals surface area (Å²) in [7, 11) is 1.32. The molecule has 0 saturated heterocycles. The fourth-order valence-electron chi connectivity index (χ4n) is 4.19. The molecule has 196 valence electrons. The molecule has 8 nitrogen and oxygen atoms in total. The van der Waals surface area contributed by atoms with Gasteiger partial charge in [-0.05, 0) is 42.0 Å². The van der Waals surface area contributed by atoms with Crippen molar-refractivity contribution < 1.29 is 45.3 Å². The third-order valence-electron chi connectivity index (χ3n) is 5.97. The van der Waals surface area contributed by atoms with Crippen molar-refractivity contribution in [3.05, 3.63) is 59.8 Å². The van der Waals surface area contributed by atoms with Crippen LogP contribution in [0.4, 0.5) is 37.8 Å². The number of benzene rings is 2. The van der Waals surface area contributed by atoms with Gasteiger partial charge in [-0.2, -0.15) is 18.3 Å². The molecular formula is C23H18F6N4O4. The van der Waals surface area contributed by atoms with Gasteiger partial charge in [0.15, 0.2) is 23.2 Å². The fourth-order valence-corrected chi connectivity index (χ4v) is 4.19. The Morgan fingerprint density at radius 3 is 2.43 bits per heavy atom.